The van der Waals surface area contributed by atoms with E-state index < -0.39 is 11.7 Å². The number of amides is 1. The topological polar surface area (TPSA) is 155 Å². The fraction of sp³-hybridized carbons (Fsp3) is 0.542. The zero-order valence-electron chi connectivity index (χ0n) is 37.1. The average Bonchev–Trinajstić information content (AvgIpc) is 3.72. The first-order valence-electron chi connectivity index (χ1n) is 22.7. The number of nitrogens with one attached hydrogen (secondary N) is 1. The van der Waals surface area contributed by atoms with Crippen LogP contribution in [-0.2, 0) is 25.6 Å². The predicted octanol–water partition coefficient (Wildman–Crippen LogP) is 7.06. The SMILES string of the molecule is C=NO/C(=C\CN(CCNC=O)CCOCC1CCC2(COc3nc(N4CCCCCC4)c4cnc(-c5cc(O)cc6cccc(CC)c56)c(F)c4n3)CCCN12)C(C=O)C(C)C. The van der Waals surface area contributed by atoms with E-state index in [1.54, 1.807) is 18.3 Å². The molecule has 5 heterocycles. The van der Waals surface area contributed by atoms with Gasteiger partial charge in [0.2, 0.25) is 6.41 Å². The Bertz CT molecular complexity index is 2250. The fourth-order valence-electron chi connectivity index (χ4n) is 9.83. The van der Waals surface area contributed by atoms with Crippen molar-refractivity contribution in [3.05, 3.63) is 59.7 Å². The average molecular weight is 867 g/mol. The molecular weight excluding hydrogens is 804 g/mol. The van der Waals surface area contributed by atoms with E-state index in [1.807, 2.05) is 38.1 Å². The van der Waals surface area contributed by atoms with Crippen molar-refractivity contribution >= 4 is 46.9 Å². The Morgan fingerprint density at radius 2 is 1.94 bits per heavy atom. The first-order valence-corrected chi connectivity index (χ1v) is 22.7. The molecule has 1 amide bonds. The molecule has 338 valence electrons. The zero-order chi connectivity index (χ0) is 44.3. The number of fused-ring (bicyclic) bond motifs is 3. The molecule has 2 aromatic carbocycles. The van der Waals surface area contributed by atoms with Crippen molar-refractivity contribution in [3.8, 4) is 23.0 Å². The molecule has 0 aliphatic carbocycles. The van der Waals surface area contributed by atoms with Gasteiger partial charge in [-0.25, -0.2) is 4.39 Å². The van der Waals surface area contributed by atoms with Gasteiger partial charge in [-0.2, -0.15) is 9.97 Å². The van der Waals surface area contributed by atoms with Crippen molar-refractivity contribution in [1.29, 1.82) is 0 Å². The summed E-state index contributed by atoms with van der Waals surface area (Å²) in [6, 6.07) is 9.56. The van der Waals surface area contributed by atoms with Gasteiger partial charge in [0.05, 0.1) is 30.1 Å². The first-order chi connectivity index (χ1) is 30.7. The number of carbonyl (C=O) groups excluding carboxylic acids is 2. The van der Waals surface area contributed by atoms with Crippen LogP contribution >= 0.6 is 0 Å². The van der Waals surface area contributed by atoms with Gasteiger partial charge >= 0.3 is 6.01 Å². The van der Waals surface area contributed by atoms with E-state index in [2.05, 4.69) is 38.8 Å². The zero-order valence-corrected chi connectivity index (χ0v) is 37.1. The summed E-state index contributed by atoms with van der Waals surface area (Å²) in [5, 5.41) is 19.3. The lowest BCUT2D eigenvalue weighted by Gasteiger charge is -2.34. The van der Waals surface area contributed by atoms with Crippen molar-refractivity contribution in [1.82, 2.24) is 30.1 Å². The fourth-order valence-corrected chi connectivity index (χ4v) is 9.83. The number of benzene rings is 2. The third-order valence-electron chi connectivity index (χ3n) is 13.2. The number of aryl methyl sites for hydroxylation is 1. The number of phenolic OH excluding ortho intramolecular Hbond substituents is 1. The van der Waals surface area contributed by atoms with Crippen LogP contribution in [0.3, 0.4) is 0 Å². The summed E-state index contributed by atoms with van der Waals surface area (Å²) in [4.78, 5) is 49.6. The number of aromatic nitrogens is 3. The maximum absolute atomic E-state index is 17.1. The van der Waals surface area contributed by atoms with Crippen molar-refractivity contribution in [2.45, 2.75) is 90.1 Å². The van der Waals surface area contributed by atoms with Gasteiger partial charge in [0.1, 0.15) is 41.4 Å². The Morgan fingerprint density at radius 1 is 1.11 bits per heavy atom. The summed E-state index contributed by atoms with van der Waals surface area (Å²) < 4.78 is 30.1. The molecule has 3 aliphatic rings. The minimum atomic E-state index is -0.565. The molecule has 3 unspecified atom stereocenters. The Balaban J connectivity index is 1.08. The van der Waals surface area contributed by atoms with Crippen molar-refractivity contribution in [2.75, 3.05) is 70.5 Å². The Morgan fingerprint density at radius 3 is 2.68 bits per heavy atom. The number of pyridine rings is 1. The highest BCUT2D eigenvalue weighted by molar-refractivity contribution is 6.01. The standard InChI is InChI=1S/C48H63FN8O6/c1-5-34-12-10-13-35-26-37(60)27-38(42(34)35)44-43(49)45-39(28-52-44)46(56-19-8-6-7-9-20-56)54-47(53-45)62-31-48-16-11-21-57(48)36(14-17-48)30-61-25-24-55(23-18-51-32-59)22-15-41(63-50-4)40(29-58)33(2)3/h10,12-13,15,26-29,32-33,36,40,60H,4-9,11,14,16-25,30-31H2,1-3H3,(H,51,59)/b41-15-. The van der Waals surface area contributed by atoms with E-state index in [9.17, 15) is 14.7 Å². The second kappa shape index (κ2) is 21.4. The third-order valence-corrected chi connectivity index (χ3v) is 13.2. The van der Waals surface area contributed by atoms with Gasteiger partial charge in [-0.1, -0.05) is 57.0 Å². The highest BCUT2D eigenvalue weighted by Gasteiger charge is 2.50. The largest absolute Gasteiger partial charge is 0.508 e. The lowest BCUT2D eigenvalue weighted by atomic mass is 9.95. The van der Waals surface area contributed by atoms with Crippen molar-refractivity contribution in [3.63, 3.8) is 0 Å². The Kier molecular flexibility index (Phi) is 15.6. The van der Waals surface area contributed by atoms with Crippen LogP contribution in [0.1, 0.15) is 77.7 Å². The number of rotatable bonds is 22. The van der Waals surface area contributed by atoms with Gasteiger partial charge < -0.3 is 34.4 Å². The molecule has 7 rings (SSSR count). The number of carbonyl (C=O) groups is 2. The second-order valence-corrected chi connectivity index (χ2v) is 17.5. The summed E-state index contributed by atoms with van der Waals surface area (Å²) in [7, 11) is 0. The number of aldehydes is 1. The molecule has 63 heavy (non-hydrogen) atoms. The Hall–Kier alpha value is -5.25. The van der Waals surface area contributed by atoms with Crippen LogP contribution in [0.15, 0.2) is 53.5 Å². The summed E-state index contributed by atoms with van der Waals surface area (Å²) in [5.74, 6) is 0.155. The number of phenols is 1. The van der Waals surface area contributed by atoms with Gasteiger partial charge in [0.15, 0.2) is 5.82 Å². The van der Waals surface area contributed by atoms with Gasteiger partial charge in [-0.3, -0.25) is 19.6 Å². The van der Waals surface area contributed by atoms with Crippen LogP contribution in [-0.4, -0.2) is 126 Å². The normalized spacial score (nSPS) is 20.0. The monoisotopic (exact) mass is 866 g/mol. The number of aromatic hydroxyl groups is 1. The molecule has 14 nitrogen and oxygen atoms in total. The molecule has 0 saturated carbocycles. The third kappa shape index (κ3) is 10.4. The predicted molar refractivity (Wildman–Crippen MR) is 244 cm³/mol. The smallest absolute Gasteiger partial charge is 0.319 e. The maximum atomic E-state index is 17.1. The van der Waals surface area contributed by atoms with Gasteiger partial charge in [-0.15, -0.1) is 0 Å². The number of anilines is 1. The Labute approximate surface area is 369 Å². The summed E-state index contributed by atoms with van der Waals surface area (Å²) in [6.45, 7) is 15.5. The highest BCUT2D eigenvalue weighted by atomic mass is 19.1. The maximum Gasteiger partial charge on any atom is 0.319 e. The molecule has 3 aliphatic heterocycles. The quantitative estimate of drug-likeness (QED) is 0.0273. The number of hydrogen-bond acceptors (Lipinski definition) is 13. The molecule has 2 aromatic heterocycles. The molecule has 2 N–H and O–H groups in total. The number of allylic oxidation sites excluding steroid dienone is 1. The van der Waals surface area contributed by atoms with E-state index in [-0.39, 0.29) is 40.5 Å². The van der Waals surface area contributed by atoms with Crippen molar-refractivity contribution in [2.24, 2.45) is 17.0 Å². The molecule has 15 heteroatoms. The van der Waals surface area contributed by atoms with Crippen LogP contribution in [0, 0.1) is 17.7 Å². The summed E-state index contributed by atoms with van der Waals surface area (Å²) >= 11 is 0. The highest BCUT2D eigenvalue weighted by Crippen LogP contribution is 2.43. The number of halogens is 1. The number of oxime groups is 1. The lowest BCUT2D eigenvalue weighted by molar-refractivity contribution is -0.112. The van der Waals surface area contributed by atoms with Crippen LogP contribution in [0.2, 0.25) is 0 Å². The lowest BCUT2D eigenvalue weighted by Crippen LogP contribution is -2.48. The minimum Gasteiger partial charge on any atom is -0.508 e. The summed E-state index contributed by atoms with van der Waals surface area (Å²) in [5.41, 5.74) is 1.64. The minimum absolute atomic E-state index is 0.0292. The number of hydrogen-bond donors (Lipinski definition) is 2. The van der Waals surface area contributed by atoms with Crippen LogP contribution < -0.4 is 15.0 Å². The van der Waals surface area contributed by atoms with E-state index in [4.69, 9.17) is 29.3 Å². The van der Waals surface area contributed by atoms with Gasteiger partial charge in [0, 0.05) is 63.8 Å². The van der Waals surface area contributed by atoms with E-state index in [0.29, 0.717) is 74.9 Å². The first kappa shape index (κ1) is 45.8. The second-order valence-electron chi connectivity index (χ2n) is 17.5. The van der Waals surface area contributed by atoms with Crippen LogP contribution in [0.5, 0.6) is 11.8 Å². The molecule has 3 fully saturated rings. The van der Waals surface area contributed by atoms with Gasteiger partial charge in [-0.05, 0) is 92.0 Å². The van der Waals surface area contributed by atoms with Crippen molar-refractivity contribution < 1.29 is 33.4 Å². The molecule has 0 bridgehead atoms. The number of ether oxygens (including phenoxy) is 2. The molecule has 0 radical (unpaired) electrons. The van der Waals surface area contributed by atoms with Crippen LogP contribution in [0.4, 0.5) is 10.2 Å². The van der Waals surface area contributed by atoms with E-state index >= 15 is 4.39 Å². The van der Waals surface area contributed by atoms with E-state index in [1.165, 1.54) is 0 Å². The number of nitrogens with zero attached hydrogens (tertiary/aromatic N) is 7. The van der Waals surface area contributed by atoms with Crippen LogP contribution in [0.25, 0.3) is 32.9 Å². The van der Waals surface area contributed by atoms with Gasteiger partial charge in [0.25, 0.3) is 0 Å². The molecule has 3 saturated heterocycles. The molecular formula is C48H63FN8O6. The molecule has 3 atom stereocenters. The van der Waals surface area contributed by atoms with E-state index in [0.717, 1.165) is 100 Å². The molecule has 0 spiro atoms. The molecule has 4 aromatic rings. The summed E-state index contributed by atoms with van der Waals surface area (Å²) in [6.07, 6.45) is 14.0.